The monoisotopic (exact) mass is 212 g/mol. The van der Waals surface area contributed by atoms with E-state index in [9.17, 15) is 9.59 Å². The first-order valence-electron chi connectivity index (χ1n) is 3.95. The Labute approximate surface area is 86.6 Å². The number of carbonyl (C=O) groups is 2. The van der Waals surface area contributed by atoms with Crippen LogP contribution in [0.25, 0.3) is 0 Å². The number of ketones is 1. The summed E-state index contributed by atoms with van der Waals surface area (Å²) in [7, 11) is 1.16. The van der Waals surface area contributed by atoms with Gasteiger partial charge in [-0.3, -0.25) is 4.79 Å². The Bertz CT molecular complexity index is 385. The van der Waals surface area contributed by atoms with Crippen LogP contribution >= 0.6 is 11.6 Å². The highest BCUT2D eigenvalue weighted by molar-refractivity contribution is 6.45. The summed E-state index contributed by atoms with van der Waals surface area (Å²) in [6, 6.07) is 4.89. The van der Waals surface area contributed by atoms with Gasteiger partial charge in [0.1, 0.15) is 0 Å². The Morgan fingerprint density at radius 2 is 2.00 bits per heavy atom. The maximum absolute atomic E-state index is 11.4. The lowest BCUT2D eigenvalue weighted by molar-refractivity contribution is -0.135. The first-order valence-corrected chi connectivity index (χ1v) is 4.33. The van der Waals surface area contributed by atoms with Gasteiger partial charge in [-0.25, -0.2) is 4.79 Å². The van der Waals surface area contributed by atoms with Gasteiger partial charge in [-0.15, -0.1) is 0 Å². The van der Waals surface area contributed by atoms with E-state index in [0.717, 1.165) is 12.7 Å². The highest BCUT2D eigenvalue weighted by atomic mass is 35.5. The first kappa shape index (κ1) is 10.7. The summed E-state index contributed by atoms with van der Waals surface area (Å²) in [5, 5.41) is 0.256. The number of hydrogen-bond donors (Lipinski definition) is 0. The molecule has 1 rings (SSSR count). The molecule has 0 radical (unpaired) electrons. The van der Waals surface area contributed by atoms with Crippen molar-refractivity contribution in [1.82, 2.24) is 0 Å². The van der Waals surface area contributed by atoms with Crippen LogP contribution in [0.5, 0.6) is 0 Å². The van der Waals surface area contributed by atoms with Crippen LogP contribution in [0.4, 0.5) is 0 Å². The Morgan fingerprint density at radius 1 is 1.36 bits per heavy atom. The third-order valence-electron chi connectivity index (χ3n) is 1.74. The first-order chi connectivity index (χ1) is 6.56. The zero-order chi connectivity index (χ0) is 10.7. The lowest BCUT2D eigenvalue weighted by Crippen LogP contribution is -2.16. The van der Waals surface area contributed by atoms with Crippen LogP contribution in [-0.2, 0) is 9.53 Å². The number of Topliss-reactive ketones (excluding diaryl/α,β-unsaturated/α-hetero) is 1. The summed E-state index contributed by atoms with van der Waals surface area (Å²) in [6.45, 7) is 1.81. The Hall–Kier alpha value is -1.35. The summed E-state index contributed by atoms with van der Waals surface area (Å²) in [5.41, 5.74) is 1.04. The van der Waals surface area contributed by atoms with Gasteiger partial charge >= 0.3 is 5.97 Å². The average molecular weight is 213 g/mol. The molecule has 1 aromatic carbocycles. The number of carbonyl (C=O) groups excluding carboxylic acids is 2. The van der Waals surface area contributed by atoms with E-state index in [2.05, 4.69) is 4.74 Å². The van der Waals surface area contributed by atoms with Crippen molar-refractivity contribution in [1.29, 1.82) is 0 Å². The summed E-state index contributed by atoms with van der Waals surface area (Å²) in [6.07, 6.45) is 0. The van der Waals surface area contributed by atoms with Crippen molar-refractivity contribution >= 4 is 23.4 Å². The van der Waals surface area contributed by atoms with Crippen LogP contribution in [0.1, 0.15) is 15.9 Å². The van der Waals surface area contributed by atoms with Gasteiger partial charge in [-0.2, -0.15) is 0 Å². The molecular formula is C10H9ClO3. The van der Waals surface area contributed by atoms with E-state index < -0.39 is 11.8 Å². The normalized spacial score (nSPS) is 9.64. The highest BCUT2D eigenvalue weighted by Gasteiger charge is 2.19. The van der Waals surface area contributed by atoms with Gasteiger partial charge in [0, 0.05) is 5.56 Å². The van der Waals surface area contributed by atoms with Crippen LogP contribution in [0.2, 0.25) is 5.02 Å². The Morgan fingerprint density at radius 3 is 2.57 bits per heavy atom. The molecular weight excluding hydrogens is 204 g/mol. The van der Waals surface area contributed by atoms with E-state index in [1.54, 1.807) is 18.2 Å². The molecule has 0 heterocycles. The fraction of sp³-hybridized carbons (Fsp3) is 0.200. The Balaban J connectivity index is 3.12. The second-order valence-corrected chi connectivity index (χ2v) is 3.21. The van der Waals surface area contributed by atoms with Crippen LogP contribution in [0.15, 0.2) is 18.2 Å². The molecule has 74 valence electrons. The van der Waals surface area contributed by atoms with E-state index in [1.807, 2.05) is 6.92 Å². The maximum atomic E-state index is 11.4. The summed E-state index contributed by atoms with van der Waals surface area (Å²) < 4.78 is 4.31. The molecule has 4 heteroatoms. The molecule has 0 unspecified atom stereocenters. The molecule has 0 spiro atoms. The predicted molar refractivity (Wildman–Crippen MR) is 52.5 cm³/mol. The minimum absolute atomic E-state index is 0.179. The highest BCUT2D eigenvalue weighted by Crippen LogP contribution is 2.18. The SMILES string of the molecule is COC(=O)C(=O)c1cc(C)ccc1Cl. The van der Waals surface area contributed by atoms with Crippen molar-refractivity contribution in [2.75, 3.05) is 7.11 Å². The lowest BCUT2D eigenvalue weighted by atomic mass is 10.1. The van der Waals surface area contributed by atoms with Gasteiger partial charge in [0.15, 0.2) is 0 Å². The topological polar surface area (TPSA) is 43.4 Å². The van der Waals surface area contributed by atoms with E-state index in [4.69, 9.17) is 11.6 Å². The zero-order valence-corrected chi connectivity index (χ0v) is 8.59. The van der Waals surface area contributed by atoms with Crippen LogP contribution in [0, 0.1) is 6.92 Å². The van der Waals surface area contributed by atoms with Crippen molar-refractivity contribution in [3.63, 3.8) is 0 Å². The number of benzene rings is 1. The molecule has 0 atom stereocenters. The van der Waals surface area contributed by atoms with Crippen molar-refractivity contribution in [3.8, 4) is 0 Å². The predicted octanol–water partition coefficient (Wildman–Crippen LogP) is 2.00. The Kier molecular flexibility index (Phi) is 3.25. The van der Waals surface area contributed by atoms with E-state index in [-0.39, 0.29) is 10.6 Å². The summed E-state index contributed by atoms with van der Waals surface area (Å²) in [5.74, 6) is -1.63. The number of halogens is 1. The standard InChI is InChI=1S/C10H9ClO3/c1-6-3-4-8(11)7(5-6)9(12)10(13)14-2/h3-5H,1-2H3. The molecule has 0 fully saturated rings. The van der Waals surface area contributed by atoms with Gasteiger partial charge in [0.25, 0.3) is 5.78 Å². The molecule has 0 aliphatic heterocycles. The molecule has 0 aromatic heterocycles. The van der Waals surface area contributed by atoms with E-state index in [0.29, 0.717) is 0 Å². The quantitative estimate of drug-likeness (QED) is 0.428. The van der Waals surface area contributed by atoms with Crippen LogP contribution in [-0.4, -0.2) is 18.9 Å². The smallest absolute Gasteiger partial charge is 0.379 e. The molecule has 0 saturated heterocycles. The molecule has 14 heavy (non-hydrogen) atoms. The van der Waals surface area contributed by atoms with Gasteiger partial charge in [0.2, 0.25) is 0 Å². The average Bonchev–Trinajstić information content (AvgIpc) is 2.19. The molecule has 0 amide bonds. The van der Waals surface area contributed by atoms with Gasteiger partial charge in [-0.05, 0) is 19.1 Å². The third-order valence-corrected chi connectivity index (χ3v) is 2.07. The van der Waals surface area contributed by atoms with Crippen molar-refractivity contribution in [2.24, 2.45) is 0 Å². The van der Waals surface area contributed by atoms with Gasteiger partial charge in [0.05, 0.1) is 12.1 Å². The van der Waals surface area contributed by atoms with Gasteiger partial charge < -0.3 is 4.74 Å². The fourth-order valence-corrected chi connectivity index (χ4v) is 1.22. The van der Waals surface area contributed by atoms with Crippen molar-refractivity contribution in [2.45, 2.75) is 6.92 Å². The minimum atomic E-state index is -0.905. The number of hydrogen-bond acceptors (Lipinski definition) is 3. The fourth-order valence-electron chi connectivity index (χ4n) is 1.02. The molecule has 0 N–H and O–H groups in total. The summed E-state index contributed by atoms with van der Waals surface area (Å²) >= 11 is 5.76. The van der Waals surface area contributed by atoms with Crippen molar-refractivity contribution in [3.05, 3.63) is 34.3 Å². The molecule has 0 aliphatic rings. The number of ether oxygens (including phenoxy) is 1. The number of methoxy groups -OCH3 is 1. The second-order valence-electron chi connectivity index (χ2n) is 2.80. The third kappa shape index (κ3) is 2.12. The minimum Gasteiger partial charge on any atom is -0.463 e. The molecule has 0 aliphatic carbocycles. The maximum Gasteiger partial charge on any atom is 0.379 e. The summed E-state index contributed by atoms with van der Waals surface area (Å²) in [4.78, 5) is 22.3. The van der Waals surface area contributed by atoms with Crippen molar-refractivity contribution < 1.29 is 14.3 Å². The number of esters is 1. The largest absolute Gasteiger partial charge is 0.463 e. The van der Waals surface area contributed by atoms with Gasteiger partial charge in [-0.1, -0.05) is 23.2 Å². The number of rotatable bonds is 2. The zero-order valence-electron chi connectivity index (χ0n) is 7.83. The molecule has 3 nitrogen and oxygen atoms in total. The van der Waals surface area contributed by atoms with Crippen LogP contribution < -0.4 is 0 Å². The molecule has 1 aromatic rings. The molecule has 0 bridgehead atoms. The van der Waals surface area contributed by atoms with E-state index in [1.165, 1.54) is 0 Å². The van der Waals surface area contributed by atoms with Crippen LogP contribution in [0.3, 0.4) is 0 Å². The second kappa shape index (κ2) is 4.24. The number of aryl methyl sites for hydroxylation is 1. The lowest BCUT2D eigenvalue weighted by Gasteiger charge is -2.02. The van der Waals surface area contributed by atoms with E-state index >= 15 is 0 Å². The molecule has 0 saturated carbocycles.